The van der Waals surface area contributed by atoms with Gasteiger partial charge >= 0.3 is 0 Å². The summed E-state index contributed by atoms with van der Waals surface area (Å²) in [7, 11) is 2.20. The standard InChI is InChI=1S/C15H25ClN2S/c1-11(17)15(13-8-9-14(16)19-13)18(2)10-12-6-4-3-5-7-12/h8-9,11-12,15H,3-7,10,17H2,1-2H3. The highest BCUT2D eigenvalue weighted by Crippen LogP contribution is 2.33. The first-order valence-corrected chi connectivity index (χ1v) is 8.48. The van der Waals surface area contributed by atoms with Gasteiger partial charge in [-0.1, -0.05) is 30.9 Å². The summed E-state index contributed by atoms with van der Waals surface area (Å²) in [6.07, 6.45) is 6.96. The molecule has 2 atom stereocenters. The van der Waals surface area contributed by atoms with Gasteiger partial charge in [0.2, 0.25) is 0 Å². The van der Waals surface area contributed by atoms with Gasteiger partial charge in [-0.25, -0.2) is 0 Å². The van der Waals surface area contributed by atoms with Crippen LogP contribution in [0, 0.1) is 5.92 Å². The third-order valence-electron chi connectivity index (χ3n) is 4.13. The van der Waals surface area contributed by atoms with Crippen LogP contribution < -0.4 is 5.73 Å². The topological polar surface area (TPSA) is 29.3 Å². The number of hydrogen-bond acceptors (Lipinski definition) is 3. The van der Waals surface area contributed by atoms with Gasteiger partial charge in [-0.05, 0) is 44.9 Å². The highest BCUT2D eigenvalue weighted by atomic mass is 35.5. The van der Waals surface area contributed by atoms with E-state index < -0.39 is 0 Å². The van der Waals surface area contributed by atoms with Crippen molar-refractivity contribution in [3.63, 3.8) is 0 Å². The molecule has 2 rings (SSSR count). The number of thiophene rings is 1. The van der Waals surface area contributed by atoms with Crippen molar-refractivity contribution < 1.29 is 0 Å². The van der Waals surface area contributed by atoms with E-state index in [-0.39, 0.29) is 6.04 Å². The van der Waals surface area contributed by atoms with Gasteiger partial charge in [0.15, 0.2) is 0 Å². The van der Waals surface area contributed by atoms with E-state index in [2.05, 4.69) is 24.9 Å². The van der Waals surface area contributed by atoms with Crippen LogP contribution in [-0.2, 0) is 0 Å². The molecular formula is C15H25ClN2S. The average Bonchev–Trinajstić information content (AvgIpc) is 2.76. The first-order chi connectivity index (χ1) is 9.08. The van der Waals surface area contributed by atoms with E-state index in [1.165, 1.54) is 37.0 Å². The van der Waals surface area contributed by atoms with Crippen molar-refractivity contribution in [3.8, 4) is 0 Å². The van der Waals surface area contributed by atoms with Crippen molar-refractivity contribution in [1.82, 2.24) is 4.90 Å². The molecule has 1 saturated carbocycles. The Morgan fingerprint density at radius 2 is 2.05 bits per heavy atom. The quantitative estimate of drug-likeness (QED) is 0.878. The monoisotopic (exact) mass is 300 g/mol. The summed E-state index contributed by atoms with van der Waals surface area (Å²) in [5.74, 6) is 0.843. The van der Waals surface area contributed by atoms with E-state index >= 15 is 0 Å². The van der Waals surface area contributed by atoms with Crippen molar-refractivity contribution >= 4 is 22.9 Å². The van der Waals surface area contributed by atoms with Gasteiger partial charge in [0.1, 0.15) is 0 Å². The lowest BCUT2D eigenvalue weighted by Crippen LogP contribution is -2.39. The molecule has 1 fully saturated rings. The molecule has 1 aromatic heterocycles. The van der Waals surface area contributed by atoms with Gasteiger partial charge in [0, 0.05) is 17.5 Å². The van der Waals surface area contributed by atoms with Crippen LogP contribution in [0.4, 0.5) is 0 Å². The van der Waals surface area contributed by atoms with Crippen molar-refractivity contribution in [1.29, 1.82) is 0 Å². The van der Waals surface area contributed by atoms with Crippen LogP contribution in [0.5, 0.6) is 0 Å². The Balaban J connectivity index is 2.01. The zero-order chi connectivity index (χ0) is 13.8. The molecule has 2 nitrogen and oxygen atoms in total. The molecule has 2 unspecified atom stereocenters. The molecule has 0 bridgehead atoms. The highest BCUT2D eigenvalue weighted by Gasteiger charge is 2.25. The van der Waals surface area contributed by atoms with E-state index in [1.54, 1.807) is 11.3 Å². The number of nitrogens with zero attached hydrogens (tertiary/aromatic N) is 1. The lowest BCUT2D eigenvalue weighted by molar-refractivity contribution is 0.169. The van der Waals surface area contributed by atoms with E-state index in [9.17, 15) is 0 Å². The summed E-state index contributed by atoms with van der Waals surface area (Å²) in [6, 6.07) is 4.52. The maximum absolute atomic E-state index is 6.21. The first-order valence-electron chi connectivity index (χ1n) is 7.29. The predicted octanol–water partition coefficient (Wildman–Crippen LogP) is 4.30. The maximum atomic E-state index is 6.21. The van der Waals surface area contributed by atoms with Gasteiger partial charge in [-0.3, -0.25) is 4.90 Å². The molecule has 0 aromatic carbocycles. The molecule has 19 heavy (non-hydrogen) atoms. The molecule has 0 saturated heterocycles. The maximum Gasteiger partial charge on any atom is 0.0931 e. The normalized spacial score (nSPS) is 20.7. The van der Waals surface area contributed by atoms with Crippen LogP contribution in [0.15, 0.2) is 12.1 Å². The Bertz CT molecular complexity index is 385. The van der Waals surface area contributed by atoms with Crippen LogP contribution in [0.25, 0.3) is 0 Å². The Morgan fingerprint density at radius 1 is 1.37 bits per heavy atom. The average molecular weight is 301 g/mol. The Kier molecular flexibility index (Phi) is 5.70. The third-order valence-corrected chi connectivity index (χ3v) is 5.43. The summed E-state index contributed by atoms with van der Waals surface area (Å²) < 4.78 is 0.853. The van der Waals surface area contributed by atoms with Crippen LogP contribution in [0.3, 0.4) is 0 Å². The van der Waals surface area contributed by atoms with Crippen molar-refractivity contribution in [2.75, 3.05) is 13.6 Å². The second-order valence-corrected chi connectivity index (χ2v) is 7.64. The zero-order valence-corrected chi connectivity index (χ0v) is 13.5. The largest absolute Gasteiger partial charge is 0.326 e. The Labute approximate surface area is 125 Å². The fourth-order valence-electron chi connectivity index (χ4n) is 3.26. The Morgan fingerprint density at radius 3 is 2.58 bits per heavy atom. The van der Waals surface area contributed by atoms with E-state index in [1.807, 2.05) is 6.07 Å². The zero-order valence-electron chi connectivity index (χ0n) is 11.9. The molecule has 108 valence electrons. The molecule has 1 aliphatic carbocycles. The van der Waals surface area contributed by atoms with Crippen LogP contribution in [-0.4, -0.2) is 24.5 Å². The Hall–Kier alpha value is -0.0900. The molecule has 1 aliphatic rings. The molecule has 0 radical (unpaired) electrons. The number of rotatable bonds is 5. The van der Waals surface area contributed by atoms with E-state index in [0.29, 0.717) is 6.04 Å². The molecule has 1 heterocycles. The number of halogens is 1. The van der Waals surface area contributed by atoms with Gasteiger partial charge in [0.25, 0.3) is 0 Å². The van der Waals surface area contributed by atoms with Crippen LogP contribution in [0.2, 0.25) is 4.34 Å². The number of nitrogens with two attached hydrogens (primary N) is 1. The molecule has 1 aromatic rings. The summed E-state index contributed by atoms with van der Waals surface area (Å²) in [5, 5.41) is 0. The van der Waals surface area contributed by atoms with E-state index in [4.69, 9.17) is 17.3 Å². The molecule has 2 N–H and O–H groups in total. The number of hydrogen-bond donors (Lipinski definition) is 1. The predicted molar refractivity (Wildman–Crippen MR) is 84.9 cm³/mol. The smallest absolute Gasteiger partial charge is 0.0931 e. The molecule has 0 spiro atoms. The lowest BCUT2D eigenvalue weighted by Gasteiger charge is -2.34. The van der Waals surface area contributed by atoms with Gasteiger partial charge in [-0.15, -0.1) is 11.3 Å². The highest BCUT2D eigenvalue weighted by molar-refractivity contribution is 7.16. The van der Waals surface area contributed by atoms with Crippen molar-refractivity contribution in [2.45, 2.75) is 51.1 Å². The fourth-order valence-corrected chi connectivity index (χ4v) is 4.60. The minimum absolute atomic E-state index is 0.128. The van der Waals surface area contributed by atoms with Gasteiger partial charge in [-0.2, -0.15) is 0 Å². The first kappa shape index (κ1) is 15.3. The van der Waals surface area contributed by atoms with Crippen LogP contribution >= 0.6 is 22.9 Å². The van der Waals surface area contributed by atoms with Gasteiger partial charge < -0.3 is 5.73 Å². The summed E-state index contributed by atoms with van der Waals surface area (Å²) >= 11 is 7.72. The summed E-state index contributed by atoms with van der Waals surface area (Å²) in [4.78, 5) is 3.72. The SMILES string of the molecule is CC(N)C(c1ccc(Cl)s1)N(C)CC1CCCCC1. The fraction of sp³-hybridized carbons (Fsp3) is 0.733. The van der Waals surface area contributed by atoms with E-state index in [0.717, 1.165) is 16.8 Å². The number of likely N-dealkylation sites (N-methyl/N-ethyl adjacent to an activating group) is 1. The minimum Gasteiger partial charge on any atom is -0.326 e. The minimum atomic E-state index is 0.128. The third kappa shape index (κ3) is 4.19. The molecular weight excluding hydrogens is 276 g/mol. The second kappa shape index (κ2) is 7.07. The van der Waals surface area contributed by atoms with Gasteiger partial charge in [0.05, 0.1) is 10.4 Å². The second-order valence-electron chi connectivity index (χ2n) is 5.89. The van der Waals surface area contributed by atoms with Crippen molar-refractivity contribution in [2.24, 2.45) is 11.7 Å². The summed E-state index contributed by atoms with van der Waals surface area (Å²) in [6.45, 7) is 3.25. The molecule has 4 heteroatoms. The summed E-state index contributed by atoms with van der Waals surface area (Å²) in [5.41, 5.74) is 6.21. The molecule has 0 amide bonds. The lowest BCUT2D eigenvalue weighted by atomic mass is 9.88. The van der Waals surface area contributed by atoms with Crippen LogP contribution in [0.1, 0.15) is 49.9 Å². The van der Waals surface area contributed by atoms with Crippen molar-refractivity contribution in [3.05, 3.63) is 21.3 Å². The molecule has 0 aliphatic heterocycles.